The molecule has 1 N–H and O–H groups in total. The highest BCUT2D eigenvalue weighted by atomic mass is 32.2. The van der Waals surface area contributed by atoms with Crippen LogP contribution in [-0.4, -0.2) is 57.1 Å². The minimum Gasteiger partial charge on any atom is -0.497 e. The summed E-state index contributed by atoms with van der Waals surface area (Å²) >= 11 is 0. The van der Waals surface area contributed by atoms with Crippen LogP contribution in [0.4, 0.5) is 5.69 Å². The maximum atomic E-state index is 14.2. The molecule has 0 spiro atoms. The first-order chi connectivity index (χ1) is 19.4. The van der Waals surface area contributed by atoms with Crippen LogP contribution < -0.4 is 14.4 Å². The van der Waals surface area contributed by atoms with E-state index in [-0.39, 0.29) is 24.9 Å². The van der Waals surface area contributed by atoms with Crippen molar-refractivity contribution >= 4 is 27.5 Å². The molecule has 9 heteroatoms. The van der Waals surface area contributed by atoms with Crippen LogP contribution in [0.2, 0.25) is 0 Å². The highest BCUT2D eigenvalue weighted by Gasteiger charge is 2.33. The van der Waals surface area contributed by atoms with Crippen molar-refractivity contribution in [2.45, 2.75) is 59.2 Å². The van der Waals surface area contributed by atoms with Gasteiger partial charge >= 0.3 is 0 Å². The summed E-state index contributed by atoms with van der Waals surface area (Å²) in [6.45, 7) is 7.28. The normalized spacial score (nSPS) is 12.7. The van der Waals surface area contributed by atoms with Gasteiger partial charge in [-0.3, -0.25) is 13.9 Å². The Morgan fingerprint density at radius 2 is 1.56 bits per heavy atom. The average Bonchev–Trinajstić information content (AvgIpc) is 2.92. The average molecular weight is 580 g/mol. The monoisotopic (exact) mass is 579 g/mol. The third-order valence-electron chi connectivity index (χ3n) is 6.93. The second kappa shape index (κ2) is 14.2. The molecule has 2 atom stereocenters. The van der Waals surface area contributed by atoms with Gasteiger partial charge in [-0.05, 0) is 73.7 Å². The molecule has 2 amide bonds. The molecule has 3 rings (SSSR count). The Bertz CT molecular complexity index is 1420. The maximum absolute atomic E-state index is 14.2. The van der Waals surface area contributed by atoms with Gasteiger partial charge in [-0.15, -0.1) is 0 Å². The van der Waals surface area contributed by atoms with Crippen molar-refractivity contribution in [2.24, 2.45) is 0 Å². The Kier molecular flexibility index (Phi) is 10.9. The van der Waals surface area contributed by atoms with Crippen LogP contribution in [0.3, 0.4) is 0 Å². The number of carbonyl (C=O) groups excluding carboxylic acids is 2. The van der Waals surface area contributed by atoms with Crippen molar-refractivity contribution in [2.75, 3.05) is 24.2 Å². The van der Waals surface area contributed by atoms with Crippen molar-refractivity contribution < 1.29 is 22.7 Å². The molecule has 0 saturated heterocycles. The van der Waals surface area contributed by atoms with E-state index >= 15 is 0 Å². The van der Waals surface area contributed by atoms with Gasteiger partial charge in [0.1, 0.15) is 18.3 Å². The Labute approximate surface area is 244 Å². The summed E-state index contributed by atoms with van der Waals surface area (Å²) in [4.78, 5) is 29.4. The molecule has 0 fully saturated rings. The number of methoxy groups -OCH3 is 1. The van der Waals surface area contributed by atoms with Gasteiger partial charge in [0.2, 0.25) is 21.8 Å². The molecule has 0 aliphatic rings. The van der Waals surface area contributed by atoms with Gasteiger partial charge in [0, 0.05) is 19.0 Å². The molecule has 0 unspecified atom stereocenters. The second-order valence-corrected chi connectivity index (χ2v) is 12.4. The Hall–Kier alpha value is -3.85. The SMILES string of the molecule is CC[C@H](C)NC(=O)[C@H](Cc1ccccc1)N(Cc1cccc(OC)c1)C(=O)CN(c1cc(C)cc(C)c1)S(C)(=O)=O. The highest BCUT2D eigenvalue weighted by molar-refractivity contribution is 7.92. The molecule has 0 aromatic heterocycles. The zero-order valence-corrected chi connectivity index (χ0v) is 25.6. The molecule has 220 valence electrons. The third kappa shape index (κ3) is 9.08. The van der Waals surface area contributed by atoms with E-state index in [2.05, 4.69) is 5.32 Å². The number of rotatable bonds is 13. The molecule has 0 aliphatic carbocycles. The summed E-state index contributed by atoms with van der Waals surface area (Å²) in [7, 11) is -2.26. The van der Waals surface area contributed by atoms with E-state index in [9.17, 15) is 18.0 Å². The zero-order chi connectivity index (χ0) is 30.2. The van der Waals surface area contributed by atoms with Crippen molar-refractivity contribution in [3.05, 3.63) is 95.1 Å². The predicted octanol–water partition coefficient (Wildman–Crippen LogP) is 4.63. The lowest BCUT2D eigenvalue weighted by Gasteiger charge is -2.34. The van der Waals surface area contributed by atoms with Gasteiger partial charge in [0.25, 0.3) is 0 Å². The number of nitrogens with one attached hydrogen (secondary N) is 1. The number of ether oxygens (including phenoxy) is 1. The first-order valence-corrected chi connectivity index (χ1v) is 15.6. The quantitative estimate of drug-likeness (QED) is 0.319. The van der Waals surface area contributed by atoms with Crippen LogP contribution in [-0.2, 0) is 32.6 Å². The fourth-order valence-corrected chi connectivity index (χ4v) is 5.50. The smallest absolute Gasteiger partial charge is 0.244 e. The first kappa shape index (κ1) is 31.7. The predicted molar refractivity (Wildman–Crippen MR) is 163 cm³/mol. The molecule has 41 heavy (non-hydrogen) atoms. The number of hydrogen-bond donors (Lipinski definition) is 1. The van der Waals surface area contributed by atoms with Gasteiger partial charge in [-0.25, -0.2) is 8.42 Å². The van der Waals surface area contributed by atoms with Gasteiger partial charge < -0.3 is 15.0 Å². The number of sulfonamides is 1. The fraction of sp³-hybridized carbons (Fsp3) is 0.375. The Morgan fingerprint density at radius 1 is 0.927 bits per heavy atom. The van der Waals surface area contributed by atoms with Crippen LogP contribution in [0.1, 0.15) is 42.5 Å². The fourth-order valence-electron chi connectivity index (χ4n) is 4.67. The Balaban J connectivity index is 2.09. The van der Waals surface area contributed by atoms with E-state index in [1.807, 2.05) is 82.3 Å². The lowest BCUT2D eigenvalue weighted by molar-refractivity contribution is -0.140. The van der Waals surface area contributed by atoms with Crippen molar-refractivity contribution in [1.82, 2.24) is 10.2 Å². The standard InChI is InChI=1S/C32H41N3O5S/c1-7-25(4)33-32(37)30(20-26-12-9-8-10-13-26)34(21-27-14-11-15-29(19-27)40-5)31(36)22-35(41(6,38)39)28-17-23(2)16-24(3)18-28/h8-19,25,30H,7,20-22H2,1-6H3,(H,33,37)/t25-,30-/m0/s1. The van der Waals surface area contributed by atoms with Crippen LogP contribution in [0.25, 0.3) is 0 Å². The van der Waals surface area contributed by atoms with E-state index in [0.29, 0.717) is 11.4 Å². The summed E-state index contributed by atoms with van der Waals surface area (Å²) in [6.07, 6.45) is 2.07. The summed E-state index contributed by atoms with van der Waals surface area (Å²) < 4.78 is 32.5. The van der Waals surface area contributed by atoms with Gasteiger partial charge in [-0.1, -0.05) is 55.5 Å². The zero-order valence-electron chi connectivity index (χ0n) is 24.8. The molecule has 8 nitrogen and oxygen atoms in total. The minimum absolute atomic E-state index is 0.0892. The number of anilines is 1. The summed E-state index contributed by atoms with van der Waals surface area (Å²) in [6, 6.07) is 21.2. The Morgan fingerprint density at radius 3 is 2.15 bits per heavy atom. The number of amides is 2. The number of hydrogen-bond acceptors (Lipinski definition) is 5. The molecule has 0 aliphatic heterocycles. The van der Waals surface area contributed by atoms with Crippen LogP contribution in [0.15, 0.2) is 72.8 Å². The van der Waals surface area contributed by atoms with Crippen LogP contribution >= 0.6 is 0 Å². The maximum Gasteiger partial charge on any atom is 0.244 e. The molecule has 0 saturated carbocycles. The van der Waals surface area contributed by atoms with Crippen molar-refractivity contribution in [3.63, 3.8) is 0 Å². The van der Waals surface area contributed by atoms with Crippen molar-refractivity contribution in [1.29, 1.82) is 0 Å². The van der Waals surface area contributed by atoms with Crippen molar-refractivity contribution in [3.8, 4) is 5.75 Å². The van der Waals surface area contributed by atoms with Crippen LogP contribution in [0.5, 0.6) is 5.75 Å². The number of nitrogens with zero attached hydrogens (tertiary/aromatic N) is 2. The molecule has 0 heterocycles. The number of aryl methyl sites for hydroxylation is 2. The second-order valence-electron chi connectivity index (χ2n) is 10.5. The summed E-state index contributed by atoms with van der Waals surface area (Å²) in [5.74, 6) is -0.166. The van der Waals surface area contributed by atoms with Crippen LogP contribution in [0, 0.1) is 13.8 Å². The van der Waals surface area contributed by atoms with E-state index in [1.54, 1.807) is 25.3 Å². The lowest BCUT2D eigenvalue weighted by Crippen LogP contribution is -2.54. The van der Waals surface area contributed by atoms with E-state index in [1.165, 1.54) is 4.90 Å². The molecule has 0 bridgehead atoms. The highest BCUT2D eigenvalue weighted by Crippen LogP contribution is 2.23. The third-order valence-corrected chi connectivity index (χ3v) is 8.07. The number of carbonyl (C=O) groups is 2. The van der Waals surface area contributed by atoms with E-state index < -0.39 is 28.5 Å². The summed E-state index contributed by atoms with van der Waals surface area (Å²) in [5.41, 5.74) is 3.80. The largest absolute Gasteiger partial charge is 0.497 e. The molecule has 0 radical (unpaired) electrons. The molecule has 3 aromatic carbocycles. The van der Waals surface area contributed by atoms with E-state index in [4.69, 9.17) is 4.74 Å². The summed E-state index contributed by atoms with van der Waals surface area (Å²) in [5, 5.41) is 3.03. The topological polar surface area (TPSA) is 96.0 Å². The van der Waals surface area contributed by atoms with Gasteiger partial charge in [0.05, 0.1) is 19.1 Å². The molecular formula is C32H41N3O5S. The number of benzene rings is 3. The lowest BCUT2D eigenvalue weighted by atomic mass is 10.0. The molecule has 3 aromatic rings. The molecular weight excluding hydrogens is 538 g/mol. The van der Waals surface area contributed by atoms with Gasteiger partial charge in [-0.2, -0.15) is 0 Å². The van der Waals surface area contributed by atoms with Gasteiger partial charge in [0.15, 0.2) is 0 Å². The minimum atomic E-state index is -3.83. The van der Waals surface area contributed by atoms with E-state index in [0.717, 1.165) is 39.2 Å². The first-order valence-electron chi connectivity index (χ1n) is 13.7.